The summed E-state index contributed by atoms with van der Waals surface area (Å²) in [6, 6.07) is -0.236. The summed E-state index contributed by atoms with van der Waals surface area (Å²) in [5.74, 6) is -1.03. The number of unbranched alkanes of at least 4 members (excludes halogenated alkanes) is 1. The number of nitrogens with one attached hydrogen (secondary N) is 3. The molecule has 0 aromatic carbocycles. The molecule has 0 bridgehead atoms. The van der Waals surface area contributed by atoms with Crippen LogP contribution in [-0.4, -0.2) is 50.2 Å². The van der Waals surface area contributed by atoms with Crippen LogP contribution < -0.4 is 16.0 Å². The van der Waals surface area contributed by atoms with Crippen LogP contribution >= 0.6 is 0 Å². The van der Waals surface area contributed by atoms with Crippen LogP contribution in [-0.2, 0) is 9.59 Å². The maximum atomic E-state index is 11.6. The third-order valence-corrected chi connectivity index (χ3v) is 2.47. The van der Waals surface area contributed by atoms with Crippen molar-refractivity contribution in [1.82, 2.24) is 16.0 Å². The maximum absolute atomic E-state index is 11.6. The van der Waals surface area contributed by atoms with E-state index in [0.29, 0.717) is 0 Å². The van der Waals surface area contributed by atoms with Gasteiger partial charge in [0, 0.05) is 6.54 Å². The van der Waals surface area contributed by atoms with Crippen molar-refractivity contribution in [3.8, 4) is 0 Å². The summed E-state index contributed by atoms with van der Waals surface area (Å²) in [5, 5.41) is 17.0. The van der Waals surface area contributed by atoms with Gasteiger partial charge in [-0.1, -0.05) is 6.42 Å². The Labute approximate surface area is 102 Å². The molecular formula is C11H23N3O3. The average molecular weight is 245 g/mol. The fourth-order valence-corrected chi connectivity index (χ4v) is 1.47. The molecule has 6 heteroatoms. The fourth-order valence-electron chi connectivity index (χ4n) is 1.47. The smallest absolute Gasteiger partial charge is 0.305 e. The highest BCUT2D eigenvalue weighted by Gasteiger charge is 2.15. The van der Waals surface area contributed by atoms with Crippen molar-refractivity contribution in [3.63, 3.8) is 0 Å². The maximum Gasteiger partial charge on any atom is 0.305 e. The van der Waals surface area contributed by atoms with Gasteiger partial charge in [-0.05, 0) is 33.5 Å². The second kappa shape index (κ2) is 10.0. The summed E-state index contributed by atoms with van der Waals surface area (Å²) in [5.41, 5.74) is 0. The van der Waals surface area contributed by atoms with Gasteiger partial charge in [0.15, 0.2) is 0 Å². The molecular weight excluding hydrogens is 222 g/mol. The van der Waals surface area contributed by atoms with E-state index in [1.165, 1.54) is 0 Å². The Balaban J connectivity index is 3.75. The lowest BCUT2D eigenvalue weighted by Gasteiger charge is -2.15. The molecule has 0 aliphatic rings. The monoisotopic (exact) mass is 245 g/mol. The quantitative estimate of drug-likeness (QED) is 0.392. The minimum atomic E-state index is -0.902. The molecule has 0 aromatic rings. The van der Waals surface area contributed by atoms with Crippen molar-refractivity contribution in [2.45, 2.75) is 31.7 Å². The number of carbonyl (C=O) groups is 2. The first-order valence-electron chi connectivity index (χ1n) is 5.93. The molecule has 6 nitrogen and oxygen atoms in total. The van der Waals surface area contributed by atoms with Gasteiger partial charge in [-0.2, -0.15) is 0 Å². The zero-order chi connectivity index (χ0) is 13.1. The van der Waals surface area contributed by atoms with Crippen LogP contribution in [0.3, 0.4) is 0 Å². The van der Waals surface area contributed by atoms with E-state index < -0.39 is 5.97 Å². The van der Waals surface area contributed by atoms with E-state index in [-0.39, 0.29) is 24.9 Å². The van der Waals surface area contributed by atoms with Crippen molar-refractivity contribution >= 4 is 11.9 Å². The van der Waals surface area contributed by atoms with Gasteiger partial charge in [-0.15, -0.1) is 0 Å². The van der Waals surface area contributed by atoms with Crippen molar-refractivity contribution in [2.75, 3.05) is 27.2 Å². The molecule has 1 amide bonds. The van der Waals surface area contributed by atoms with Crippen LogP contribution in [0.4, 0.5) is 0 Å². The summed E-state index contributed by atoms with van der Waals surface area (Å²) in [7, 11) is 3.63. The predicted octanol–water partition coefficient (Wildman–Crippen LogP) is -0.445. The number of aliphatic carboxylic acids is 1. The lowest BCUT2D eigenvalue weighted by Crippen LogP contribution is -2.43. The molecule has 0 heterocycles. The van der Waals surface area contributed by atoms with Gasteiger partial charge in [0.05, 0.1) is 12.5 Å². The Hall–Kier alpha value is -1.14. The van der Waals surface area contributed by atoms with Crippen LogP contribution in [0, 0.1) is 0 Å². The zero-order valence-electron chi connectivity index (χ0n) is 10.6. The van der Waals surface area contributed by atoms with Gasteiger partial charge >= 0.3 is 5.97 Å². The lowest BCUT2D eigenvalue weighted by molar-refractivity contribution is -0.137. The molecule has 0 aromatic heterocycles. The van der Waals surface area contributed by atoms with E-state index in [1.807, 2.05) is 7.05 Å². The highest BCUT2D eigenvalue weighted by Crippen LogP contribution is 2.00. The molecule has 17 heavy (non-hydrogen) atoms. The highest BCUT2D eigenvalue weighted by atomic mass is 16.4. The molecule has 0 aliphatic heterocycles. The number of amides is 1. The molecule has 0 radical (unpaired) electrons. The second-order valence-electron chi connectivity index (χ2n) is 3.88. The van der Waals surface area contributed by atoms with Crippen LogP contribution in [0.15, 0.2) is 0 Å². The minimum absolute atomic E-state index is 0.0398. The molecule has 4 N–H and O–H groups in total. The Morgan fingerprint density at radius 1 is 1.18 bits per heavy atom. The molecule has 1 atom stereocenters. The third kappa shape index (κ3) is 8.65. The molecule has 0 saturated heterocycles. The van der Waals surface area contributed by atoms with Crippen molar-refractivity contribution in [3.05, 3.63) is 0 Å². The molecule has 0 spiro atoms. The normalized spacial score (nSPS) is 12.1. The standard InChI is InChI=1S/C11H23N3O3/c1-12-7-4-3-5-9(13-2)11(17)14-8-6-10(15)16/h9,12-13H,3-8H2,1-2H3,(H,14,17)(H,15,16)/t9-/m0/s1. The van der Waals surface area contributed by atoms with E-state index in [2.05, 4.69) is 16.0 Å². The Morgan fingerprint density at radius 2 is 1.88 bits per heavy atom. The number of carbonyl (C=O) groups excluding carboxylic acids is 1. The number of rotatable bonds is 10. The zero-order valence-corrected chi connectivity index (χ0v) is 10.6. The van der Waals surface area contributed by atoms with Crippen LogP contribution in [0.1, 0.15) is 25.7 Å². The topological polar surface area (TPSA) is 90.5 Å². The number of carboxylic acid groups (broad SMARTS) is 1. The van der Waals surface area contributed by atoms with Gasteiger partial charge < -0.3 is 21.1 Å². The van der Waals surface area contributed by atoms with E-state index in [4.69, 9.17) is 5.11 Å². The average Bonchev–Trinajstić information content (AvgIpc) is 2.28. The molecule has 100 valence electrons. The van der Waals surface area contributed by atoms with Crippen LogP contribution in [0.25, 0.3) is 0 Å². The fraction of sp³-hybridized carbons (Fsp3) is 0.818. The first kappa shape index (κ1) is 15.9. The second-order valence-corrected chi connectivity index (χ2v) is 3.88. The number of hydrogen-bond acceptors (Lipinski definition) is 4. The first-order chi connectivity index (χ1) is 8.11. The molecule has 0 saturated carbocycles. The summed E-state index contributed by atoms with van der Waals surface area (Å²) in [4.78, 5) is 21.9. The van der Waals surface area contributed by atoms with Crippen molar-refractivity contribution in [1.29, 1.82) is 0 Å². The first-order valence-corrected chi connectivity index (χ1v) is 5.93. The number of carboxylic acids is 1. The molecule has 0 fully saturated rings. The molecule has 0 rings (SSSR count). The van der Waals surface area contributed by atoms with E-state index >= 15 is 0 Å². The Morgan fingerprint density at radius 3 is 2.41 bits per heavy atom. The number of likely N-dealkylation sites (N-methyl/N-ethyl adjacent to an activating group) is 1. The van der Waals surface area contributed by atoms with Gasteiger partial charge in [0.2, 0.25) is 5.91 Å². The highest BCUT2D eigenvalue weighted by molar-refractivity contribution is 5.82. The van der Waals surface area contributed by atoms with Crippen molar-refractivity contribution < 1.29 is 14.7 Å². The SMILES string of the molecule is CNCCCC[C@H](NC)C(=O)NCCC(=O)O. The van der Waals surface area contributed by atoms with E-state index in [1.54, 1.807) is 7.05 Å². The molecule has 0 unspecified atom stereocenters. The van der Waals surface area contributed by atoms with Gasteiger partial charge in [0.1, 0.15) is 0 Å². The summed E-state index contributed by atoms with van der Waals surface area (Å²) >= 11 is 0. The summed E-state index contributed by atoms with van der Waals surface area (Å²) in [6.07, 6.45) is 2.70. The van der Waals surface area contributed by atoms with E-state index in [9.17, 15) is 9.59 Å². The van der Waals surface area contributed by atoms with Crippen molar-refractivity contribution in [2.24, 2.45) is 0 Å². The number of hydrogen-bond donors (Lipinski definition) is 4. The van der Waals surface area contributed by atoms with Crippen LogP contribution in [0.2, 0.25) is 0 Å². The molecule has 0 aliphatic carbocycles. The van der Waals surface area contributed by atoms with Crippen LogP contribution in [0.5, 0.6) is 0 Å². The largest absolute Gasteiger partial charge is 0.481 e. The third-order valence-electron chi connectivity index (χ3n) is 2.47. The van der Waals surface area contributed by atoms with Gasteiger partial charge in [-0.3, -0.25) is 9.59 Å². The Kier molecular flexibility index (Phi) is 9.37. The van der Waals surface area contributed by atoms with Gasteiger partial charge in [0.25, 0.3) is 0 Å². The minimum Gasteiger partial charge on any atom is -0.481 e. The van der Waals surface area contributed by atoms with Gasteiger partial charge in [-0.25, -0.2) is 0 Å². The Bertz CT molecular complexity index is 234. The predicted molar refractivity (Wildman–Crippen MR) is 65.9 cm³/mol. The summed E-state index contributed by atoms with van der Waals surface area (Å²) in [6.45, 7) is 1.12. The summed E-state index contributed by atoms with van der Waals surface area (Å²) < 4.78 is 0. The lowest BCUT2D eigenvalue weighted by atomic mass is 10.1. The van der Waals surface area contributed by atoms with E-state index in [0.717, 1.165) is 25.8 Å².